The number of hydrogen-bond acceptors (Lipinski definition) is 3. The van der Waals surface area contributed by atoms with Gasteiger partial charge in [0.05, 0.1) is 0 Å². The summed E-state index contributed by atoms with van der Waals surface area (Å²) in [5.41, 5.74) is 0. The lowest BCUT2D eigenvalue weighted by molar-refractivity contribution is 0.292. The number of rotatable bonds is 6. The molecule has 1 rings (SSSR count). The van der Waals surface area contributed by atoms with E-state index in [2.05, 4.69) is 17.1 Å². The summed E-state index contributed by atoms with van der Waals surface area (Å²) < 4.78 is 11.1. The summed E-state index contributed by atoms with van der Waals surface area (Å²) in [6.07, 6.45) is 2.52. The molecule has 0 bridgehead atoms. The van der Waals surface area contributed by atoms with Crippen molar-refractivity contribution in [2.24, 2.45) is 0 Å². The van der Waals surface area contributed by atoms with E-state index in [1.165, 1.54) is 19.4 Å². The first-order valence-corrected chi connectivity index (χ1v) is 7.09. The summed E-state index contributed by atoms with van der Waals surface area (Å²) in [4.78, 5) is 2.44. The van der Waals surface area contributed by atoms with Gasteiger partial charge >= 0.3 is 0 Å². The second kappa shape index (κ2) is 7.37. The zero-order valence-corrected chi connectivity index (χ0v) is 9.94. The normalized spacial score (nSPS) is 20.1. The Bertz CT molecular complexity index is 166. The summed E-state index contributed by atoms with van der Waals surface area (Å²) in [5, 5.41) is 3.33. The van der Waals surface area contributed by atoms with E-state index in [9.17, 15) is 4.21 Å². The summed E-state index contributed by atoms with van der Waals surface area (Å²) in [7, 11) is -0.525. The van der Waals surface area contributed by atoms with Gasteiger partial charge in [0.2, 0.25) is 0 Å². The summed E-state index contributed by atoms with van der Waals surface area (Å²) in [5.74, 6) is 1.76. The van der Waals surface area contributed by atoms with Crippen molar-refractivity contribution in [3.05, 3.63) is 0 Å². The minimum absolute atomic E-state index is 0.525. The van der Waals surface area contributed by atoms with E-state index in [0.29, 0.717) is 0 Å². The van der Waals surface area contributed by atoms with Gasteiger partial charge in [-0.1, -0.05) is 6.92 Å². The van der Waals surface area contributed by atoms with Gasteiger partial charge in [-0.2, -0.15) is 0 Å². The van der Waals surface area contributed by atoms with Crippen LogP contribution in [0, 0.1) is 0 Å². The first-order chi connectivity index (χ1) is 6.83. The van der Waals surface area contributed by atoms with Gasteiger partial charge in [0, 0.05) is 35.4 Å². The highest BCUT2D eigenvalue weighted by molar-refractivity contribution is 7.85. The van der Waals surface area contributed by atoms with Crippen LogP contribution in [0.15, 0.2) is 0 Å². The summed E-state index contributed by atoms with van der Waals surface area (Å²) in [6.45, 7) is 7.60. The molecular formula is C10H22N2OS. The smallest absolute Gasteiger partial charge is 0.0363 e. The van der Waals surface area contributed by atoms with Crippen LogP contribution < -0.4 is 5.32 Å². The molecule has 0 aromatic heterocycles. The molecule has 1 N–H and O–H groups in total. The second-order valence-corrected chi connectivity index (χ2v) is 5.45. The van der Waals surface area contributed by atoms with Gasteiger partial charge in [-0.25, -0.2) is 0 Å². The van der Waals surface area contributed by atoms with Crippen molar-refractivity contribution in [1.29, 1.82) is 0 Å². The largest absolute Gasteiger partial charge is 0.317 e. The highest BCUT2D eigenvalue weighted by Gasteiger charge is 2.13. The maximum Gasteiger partial charge on any atom is 0.0363 e. The molecule has 1 saturated heterocycles. The van der Waals surface area contributed by atoms with Crippen LogP contribution in [0.25, 0.3) is 0 Å². The lowest BCUT2D eigenvalue weighted by Gasteiger charge is -2.25. The summed E-state index contributed by atoms with van der Waals surface area (Å²) >= 11 is 0. The number of nitrogens with one attached hydrogen (secondary N) is 1. The number of hydrogen-bond donors (Lipinski definition) is 1. The minimum Gasteiger partial charge on any atom is -0.317 e. The van der Waals surface area contributed by atoms with E-state index in [4.69, 9.17) is 0 Å². The Balaban J connectivity index is 1.94. The molecule has 0 unspecified atom stereocenters. The zero-order chi connectivity index (χ0) is 10.2. The molecule has 0 saturated carbocycles. The van der Waals surface area contributed by atoms with E-state index >= 15 is 0 Å². The Labute approximate surface area is 89.7 Å². The Morgan fingerprint density at radius 3 is 2.64 bits per heavy atom. The third-order valence-corrected chi connectivity index (χ3v) is 3.87. The van der Waals surface area contributed by atoms with Crippen LogP contribution in [-0.2, 0) is 10.8 Å². The topological polar surface area (TPSA) is 32.3 Å². The molecule has 0 aliphatic carbocycles. The minimum atomic E-state index is -0.525. The van der Waals surface area contributed by atoms with Crippen molar-refractivity contribution in [2.45, 2.75) is 19.8 Å². The van der Waals surface area contributed by atoms with E-state index < -0.39 is 10.8 Å². The van der Waals surface area contributed by atoms with E-state index in [1.54, 1.807) is 0 Å². The van der Waals surface area contributed by atoms with E-state index in [1.807, 2.05) is 0 Å². The van der Waals surface area contributed by atoms with Crippen LogP contribution in [0.2, 0.25) is 0 Å². The second-order valence-electron chi connectivity index (χ2n) is 3.75. The molecule has 0 atom stereocenters. The standard InChI is InChI=1S/C10H22N2OS/c1-2-11-5-3-4-6-12-7-9-14(13)10-8-12/h11H,2-10H2,1H3. The molecule has 14 heavy (non-hydrogen) atoms. The predicted molar refractivity (Wildman–Crippen MR) is 62.1 cm³/mol. The molecule has 0 aromatic rings. The number of nitrogens with zero attached hydrogens (tertiary/aromatic N) is 1. The SMILES string of the molecule is CCNCCCCN1CCS(=O)CC1. The van der Waals surface area contributed by atoms with Gasteiger partial charge in [-0.3, -0.25) is 4.21 Å². The molecule has 84 valence electrons. The Morgan fingerprint density at radius 2 is 2.00 bits per heavy atom. The third-order valence-electron chi connectivity index (χ3n) is 2.60. The van der Waals surface area contributed by atoms with E-state index in [0.717, 1.165) is 37.7 Å². The molecule has 0 amide bonds. The van der Waals surface area contributed by atoms with Gasteiger partial charge in [0.1, 0.15) is 0 Å². The molecule has 1 aliphatic heterocycles. The maximum atomic E-state index is 11.1. The molecule has 0 radical (unpaired) electrons. The predicted octanol–water partition coefficient (Wildman–Crippen LogP) is 0.440. The molecule has 0 spiro atoms. The third kappa shape index (κ3) is 5.08. The Morgan fingerprint density at radius 1 is 1.29 bits per heavy atom. The molecule has 1 fully saturated rings. The molecule has 0 aromatic carbocycles. The maximum absolute atomic E-state index is 11.1. The van der Waals surface area contributed by atoms with Crippen LogP contribution in [0.4, 0.5) is 0 Å². The lowest BCUT2D eigenvalue weighted by atomic mass is 10.3. The van der Waals surface area contributed by atoms with Crippen molar-refractivity contribution in [3.63, 3.8) is 0 Å². The fourth-order valence-electron chi connectivity index (χ4n) is 1.66. The van der Waals surface area contributed by atoms with Gasteiger partial charge in [-0.15, -0.1) is 0 Å². The summed E-state index contributed by atoms with van der Waals surface area (Å²) in [6, 6.07) is 0. The van der Waals surface area contributed by atoms with Gasteiger partial charge in [-0.05, 0) is 32.5 Å². The zero-order valence-electron chi connectivity index (χ0n) is 9.13. The van der Waals surface area contributed by atoms with Gasteiger partial charge < -0.3 is 10.2 Å². The average Bonchev–Trinajstić information content (AvgIpc) is 2.21. The first-order valence-electron chi connectivity index (χ1n) is 5.61. The van der Waals surface area contributed by atoms with Gasteiger partial charge in [0.15, 0.2) is 0 Å². The monoisotopic (exact) mass is 218 g/mol. The molecule has 1 heterocycles. The molecule has 1 aliphatic rings. The van der Waals surface area contributed by atoms with Crippen LogP contribution >= 0.6 is 0 Å². The van der Waals surface area contributed by atoms with Crippen LogP contribution in [0.5, 0.6) is 0 Å². The average molecular weight is 218 g/mol. The molecule has 4 heteroatoms. The van der Waals surface area contributed by atoms with Crippen LogP contribution in [-0.4, -0.2) is 53.3 Å². The van der Waals surface area contributed by atoms with Crippen molar-refractivity contribution in [1.82, 2.24) is 10.2 Å². The highest BCUT2D eigenvalue weighted by atomic mass is 32.2. The van der Waals surface area contributed by atoms with Crippen LogP contribution in [0.3, 0.4) is 0 Å². The van der Waals surface area contributed by atoms with E-state index in [-0.39, 0.29) is 0 Å². The highest BCUT2D eigenvalue weighted by Crippen LogP contribution is 2.01. The Kier molecular flexibility index (Phi) is 6.39. The van der Waals surface area contributed by atoms with Crippen molar-refractivity contribution >= 4 is 10.8 Å². The van der Waals surface area contributed by atoms with Crippen molar-refractivity contribution < 1.29 is 4.21 Å². The number of unbranched alkanes of at least 4 members (excludes halogenated alkanes) is 1. The fourth-order valence-corrected chi connectivity index (χ4v) is 2.79. The van der Waals surface area contributed by atoms with Crippen molar-refractivity contribution in [2.75, 3.05) is 44.2 Å². The van der Waals surface area contributed by atoms with Crippen molar-refractivity contribution in [3.8, 4) is 0 Å². The van der Waals surface area contributed by atoms with Gasteiger partial charge in [0.25, 0.3) is 0 Å². The Hall–Kier alpha value is 0.0700. The molecule has 3 nitrogen and oxygen atoms in total. The quantitative estimate of drug-likeness (QED) is 0.657. The lowest BCUT2D eigenvalue weighted by Crippen LogP contribution is -2.38. The van der Waals surface area contributed by atoms with Crippen LogP contribution in [0.1, 0.15) is 19.8 Å². The fraction of sp³-hybridized carbons (Fsp3) is 1.00. The molecular weight excluding hydrogens is 196 g/mol. The first kappa shape index (κ1) is 12.1.